The Kier molecular flexibility index (Phi) is 7.23. The lowest BCUT2D eigenvalue weighted by Crippen LogP contribution is -2.63. The number of aliphatic hydroxyl groups is 3. The van der Waals surface area contributed by atoms with E-state index in [1.807, 2.05) is 42.7 Å². The van der Waals surface area contributed by atoms with Crippen LogP contribution in [-0.4, -0.2) is 55.9 Å². The summed E-state index contributed by atoms with van der Waals surface area (Å²) in [7, 11) is 0. The number of rotatable bonds is 7. The lowest BCUT2D eigenvalue weighted by Gasteiger charge is -2.59. The van der Waals surface area contributed by atoms with Crippen molar-refractivity contribution in [2.24, 2.45) is 28.6 Å². The Labute approximate surface area is 264 Å². The van der Waals surface area contributed by atoms with Gasteiger partial charge >= 0.3 is 0 Å². The van der Waals surface area contributed by atoms with Crippen molar-refractivity contribution in [2.75, 3.05) is 6.61 Å². The predicted molar refractivity (Wildman–Crippen MR) is 167 cm³/mol. The fraction of sp³-hybridized carbons (Fsp3) is 0.568. The number of benzene rings is 1. The number of ether oxygens (including phenoxy) is 2. The first kappa shape index (κ1) is 30.8. The molecule has 1 aromatic heterocycles. The third kappa shape index (κ3) is 4.15. The summed E-state index contributed by atoms with van der Waals surface area (Å²) in [6.45, 7) is 7.78. The molecule has 0 amide bonds. The average Bonchev–Trinajstić information content (AvgIpc) is 3.74. The van der Waals surface area contributed by atoms with E-state index in [-0.39, 0.29) is 30.1 Å². The predicted octanol–water partition coefficient (Wildman–Crippen LogP) is 4.76. The standard InChI is InChI=1S/C37H45NO7/c1-5-36(4,25-8-6-7-22(15-25)20-39)38-14-12-23(19-38)33-44-31-17-28-27-10-9-24-16-26(41)11-13-34(24,2)32(27)29(42)18-35(28,3)37(31,45-33)30(43)21-40/h6-8,11-16,19,27-29,31-33,39-40,42H,5,9-10,17-18,20-21H2,1-4H3/t27-,28-,29-,31+,32+,33+,34-,35-,36?,37+/m0/s1. The molecule has 0 radical (unpaired) electrons. The maximum absolute atomic E-state index is 13.9. The molecule has 45 heavy (non-hydrogen) atoms. The van der Waals surface area contributed by atoms with E-state index in [0.29, 0.717) is 12.8 Å². The van der Waals surface area contributed by atoms with E-state index in [1.165, 1.54) is 0 Å². The second-order valence-electron chi connectivity index (χ2n) is 14.7. The summed E-state index contributed by atoms with van der Waals surface area (Å²) in [6, 6.07) is 9.93. The highest BCUT2D eigenvalue weighted by Gasteiger charge is 2.76. The van der Waals surface area contributed by atoms with Crippen LogP contribution in [0, 0.1) is 28.6 Å². The molecule has 0 spiro atoms. The maximum Gasteiger partial charge on any atom is 0.193 e. The van der Waals surface area contributed by atoms with Crippen molar-refractivity contribution in [1.29, 1.82) is 0 Å². The minimum atomic E-state index is -1.38. The van der Waals surface area contributed by atoms with Gasteiger partial charge in [0.2, 0.25) is 0 Å². The molecule has 0 bridgehead atoms. The van der Waals surface area contributed by atoms with Crippen molar-refractivity contribution in [3.63, 3.8) is 0 Å². The number of fused-ring (bicyclic) bond motifs is 7. The minimum Gasteiger partial charge on any atom is -0.393 e. The van der Waals surface area contributed by atoms with Gasteiger partial charge in [-0.2, -0.15) is 0 Å². The summed E-state index contributed by atoms with van der Waals surface area (Å²) in [5, 5.41) is 31.9. The van der Waals surface area contributed by atoms with E-state index < -0.39 is 52.9 Å². The second-order valence-corrected chi connectivity index (χ2v) is 14.7. The first-order valence-corrected chi connectivity index (χ1v) is 16.4. The molecule has 8 nitrogen and oxygen atoms in total. The van der Waals surface area contributed by atoms with E-state index in [9.17, 15) is 24.9 Å². The van der Waals surface area contributed by atoms with Crippen LogP contribution >= 0.6 is 0 Å². The highest BCUT2D eigenvalue weighted by molar-refractivity contribution is 6.01. The van der Waals surface area contributed by atoms with E-state index >= 15 is 0 Å². The van der Waals surface area contributed by atoms with Gasteiger partial charge in [0.1, 0.15) is 6.61 Å². The van der Waals surface area contributed by atoms with Crippen LogP contribution in [0.25, 0.3) is 0 Å². The van der Waals surface area contributed by atoms with Gasteiger partial charge in [0.05, 0.1) is 24.4 Å². The normalized spacial score (nSPS) is 39.8. The van der Waals surface area contributed by atoms with Gasteiger partial charge in [0.15, 0.2) is 23.5 Å². The Morgan fingerprint density at radius 2 is 2.00 bits per heavy atom. The van der Waals surface area contributed by atoms with Crippen LogP contribution in [0.2, 0.25) is 0 Å². The molecule has 10 atom stereocenters. The Morgan fingerprint density at radius 1 is 1.20 bits per heavy atom. The molecule has 7 rings (SSSR count). The van der Waals surface area contributed by atoms with Crippen LogP contribution in [0.3, 0.4) is 0 Å². The SMILES string of the molecule is CCC(C)(c1cccc(CO)c1)n1ccc([C@@H]2O[C@@H]3C[C@H]4[C@@H]5CCC6=CC(=O)C=C[C@]6(C)[C@H]5[C@@H](O)C[C@]4(C)[C@]3(C(=O)CO)O2)c1. The molecule has 1 aliphatic heterocycles. The monoisotopic (exact) mass is 615 g/mol. The van der Waals surface area contributed by atoms with Crippen LogP contribution in [0.1, 0.15) is 82.8 Å². The van der Waals surface area contributed by atoms with Gasteiger partial charge in [0, 0.05) is 34.7 Å². The van der Waals surface area contributed by atoms with Crippen LogP contribution in [0.4, 0.5) is 0 Å². The van der Waals surface area contributed by atoms with Crippen LogP contribution in [0.15, 0.2) is 66.5 Å². The lowest BCUT2D eigenvalue weighted by atomic mass is 9.46. The lowest BCUT2D eigenvalue weighted by molar-refractivity contribution is -0.201. The maximum atomic E-state index is 13.9. The Morgan fingerprint density at radius 3 is 2.73 bits per heavy atom. The number of aliphatic hydroxyl groups excluding tert-OH is 3. The van der Waals surface area contributed by atoms with E-state index in [1.54, 1.807) is 12.2 Å². The third-order valence-electron chi connectivity index (χ3n) is 12.8. The number of ketones is 2. The number of hydrogen-bond donors (Lipinski definition) is 3. The van der Waals surface area contributed by atoms with Gasteiger partial charge in [-0.3, -0.25) is 9.59 Å². The number of allylic oxidation sites excluding steroid dienone is 4. The molecular weight excluding hydrogens is 570 g/mol. The second kappa shape index (κ2) is 10.6. The molecule has 3 saturated carbocycles. The first-order valence-electron chi connectivity index (χ1n) is 16.4. The first-order chi connectivity index (χ1) is 21.4. The van der Waals surface area contributed by atoms with Crippen molar-refractivity contribution in [3.05, 3.63) is 83.2 Å². The van der Waals surface area contributed by atoms with Crippen molar-refractivity contribution in [3.8, 4) is 0 Å². The van der Waals surface area contributed by atoms with Crippen LogP contribution in [-0.2, 0) is 31.2 Å². The van der Waals surface area contributed by atoms with Gasteiger partial charge < -0.3 is 29.4 Å². The summed E-state index contributed by atoms with van der Waals surface area (Å²) >= 11 is 0. The zero-order valence-electron chi connectivity index (χ0n) is 26.6. The summed E-state index contributed by atoms with van der Waals surface area (Å²) in [5.41, 5.74) is 0.863. The van der Waals surface area contributed by atoms with Crippen molar-refractivity contribution < 1.29 is 34.4 Å². The zero-order valence-corrected chi connectivity index (χ0v) is 26.6. The fourth-order valence-corrected chi connectivity index (χ4v) is 10.2. The quantitative estimate of drug-likeness (QED) is 0.411. The molecule has 3 N–H and O–H groups in total. The highest BCUT2D eigenvalue weighted by atomic mass is 16.7. The number of carbonyl (C=O) groups excluding carboxylic acids is 2. The van der Waals surface area contributed by atoms with Crippen molar-refractivity contribution in [1.82, 2.24) is 4.57 Å². The van der Waals surface area contributed by atoms with Gasteiger partial charge in [-0.05, 0) is 80.2 Å². The Balaban J connectivity index is 1.21. The Hall–Kier alpha value is -2.88. The molecule has 1 saturated heterocycles. The molecule has 4 aliphatic carbocycles. The van der Waals surface area contributed by atoms with Crippen LogP contribution in [0.5, 0.6) is 0 Å². The van der Waals surface area contributed by atoms with Crippen molar-refractivity contribution in [2.45, 2.75) is 96.0 Å². The van der Waals surface area contributed by atoms with E-state index in [2.05, 4.69) is 38.3 Å². The molecule has 1 aromatic carbocycles. The number of aromatic nitrogens is 1. The number of hydrogen-bond acceptors (Lipinski definition) is 7. The summed E-state index contributed by atoms with van der Waals surface area (Å²) in [6.07, 6.45) is 10.6. The highest BCUT2D eigenvalue weighted by Crippen LogP contribution is 2.70. The summed E-state index contributed by atoms with van der Waals surface area (Å²) in [5.74, 6) is -0.322. The van der Waals surface area contributed by atoms with Gasteiger partial charge in [-0.1, -0.05) is 56.7 Å². The van der Waals surface area contributed by atoms with E-state index in [4.69, 9.17) is 9.47 Å². The molecule has 2 aromatic rings. The molecule has 2 heterocycles. The molecule has 1 unspecified atom stereocenters. The minimum absolute atomic E-state index is 0.00133. The van der Waals surface area contributed by atoms with Gasteiger partial charge in [-0.15, -0.1) is 0 Å². The average molecular weight is 616 g/mol. The molecule has 240 valence electrons. The smallest absolute Gasteiger partial charge is 0.193 e. The van der Waals surface area contributed by atoms with Gasteiger partial charge in [-0.25, -0.2) is 0 Å². The van der Waals surface area contributed by atoms with Gasteiger partial charge in [0.25, 0.3) is 0 Å². The summed E-state index contributed by atoms with van der Waals surface area (Å²) < 4.78 is 15.6. The zero-order chi connectivity index (χ0) is 31.9. The molecule has 8 heteroatoms. The third-order valence-corrected chi connectivity index (χ3v) is 12.8. The molecule has 4 fully saturated rings. The Bertz CT molecular complexity index is 1590. The number of nitrogens with zero attached hydrogens (tertiary/aromatic N) is 1. The number of Topliss-reactive ketones (excluding diaryl/α,β-unsaturated/α-hetero) is 1. The molecular formula is C37H45NO7. The largest absolute Gasteiger partial charge is 0.393 e. The fourth-order valence-electron chi connectivity index (χ4n) is 10.2. The summed E-state index contributed by atoms with van der Waals surface area (Å²) in [4.78, 5) is 26.1. The molecule has 5 aliphatic rings. The number of carbonyl (C=O) groups is 2. The van der Waals surface area contributed by atoms with Crippen molar-refractivity contribution >= 4 is 11.6 Å². The topological polar surface area (TPSA) is 118 Å². The van der Waals surface area contributed by atoms with E-state index in [0.717, 1.165) is 41.5 Å². The van der Waals surface area contributed by atoms with Crippen LogP contribution < -0.4 is 0 Å².